The lowest BCUT2D eigenvalue weighted by molar-refractivity contribution is 0.368. The molecule has 2 N–H and O–H groups in total. The summed E-state index contributed by atoms with van der Waals surface area (Å²) in [5.41, 5.74) is 4.34. The van der Waals surface area contributed by atoms with Gasteiger partial charge >= 0.3 is 0 Å². The van der Waals surface area contributed by atoms with E-state index in [0.717, 1.165) is 24.9 Å². The monoisotopic (exact) mass is 288 g/mol. The van der Waals surface area contributed by atoms with E-state index >= 15 is 0 Å². The van der Waals surface area contributed by atoms with Gasteiger partial charge < -0.3 is 10.6 Å². The Kier molecular flexibility index (Phi) is 5.69. The summed E-state index contributed by atoms with van der Waals surface area (Å²) in [4.78, 5) is 0. The zero-order valence-electron chi connectivity index (χ0n) is 14.4. The fraction of sp³-hybridized carbons (Fsp3) is 0.684. The Morgan fingerprint density at radius 1 is 1.29 bits per heavy atom. The van der Waals surface area contributed by atoms with Crippen LogP contribution in [0.4, 0.5) is 5.69 Å². The van der Waals surface area contributed by atoms with Gasteiger partial charge in [0.05, 0.1) is 0 Å². The normalized spacial score (nSPS) is 22.8. The molecule has 0 bridgehead atoms. The van der Waals surface area contributed by atoms with Crippen molar-refractivity contribution in [2.45, 2.75) is 52.4 Å². The Morgan fingerprint density at radius 2 is 2.05 bits per heavy atom. The predicted octanol–water partition coefficient (Wildman–Crippen LogP) is 4.59. The molecule has 0 spiro atoms. The van der Waals surface area contributed by atoms with Crippen molar-refractivity contribution >= 4 is 5.69 Å². The van der Waals surface area contributed by atoms with E-state index in [1.165, 1.54) is 29.7 Å². The maximum absolute atomic E-state index is 3.65. The number of hydrogen-bond donors (Lipinski definition) is 2. The standard InChI is InChI=1S/C19H32N2/c1-13(2)16-8-9-19-18(10-16)15(4)17(12-21-19)7-6-14(3)11-20-5/h8-10,13-15,17,20-21H,6-7,11-12H2,1-5H3. The summed E-state index contributed by atoms with van der Waals surface area (Å²) in [6.45, 7) is 11.6. The average Bonchev–Trinajstić information content (AvgIpc) is 2.46. The molecule has 0 aromatic heterocycles. The molecule has 1 aromatic carbocycles. The van der Waals surface area contributed by atoms with Gasteiger partial charge in [-0.25, -0.2) is 0 Å². The Bertz CT molecular complexity index is 453. The zero-order valence-corrected chi connectivity index (χ0v) is 14.4. The van der Waals surface area contributed by atoms with Crippen LogP contribution in [0.3, 0.4) is 0 Å². The summed E-state index contributed by atoms with van der Waals surface area (Å²) in [7, 11) is 2.05. The van der Waals surface area contributed by atoms with Crippen LogP contribution in [-0.2, 0) is 0 Å². The first-order chi connectivity index (χ1) is 10.0. The maximum atomic E-state index is 3.65. The van der Waals surface area contributed by atoms with Crippen molar-refractivity contribution in [3.8, 4) is 0 Å². The van der Waals surface area contributed by atoms with Crippen LogP contribution in [0, 0.1) is 11.8 Å². The molecule has 1 aliphatic heterocycles. The second kappa shape index (κ2) is 7.31. The fourth-order valence-corrected chi connectivity index (χ4v) is 3.45. The Balaban J connectivity index is 2.04. The Hall–Kier alpha value is -1.02. The molecule has 0 saturated carbocycles. The minimum absolute atomic E-state index is 0.610. The smallest absolute Gasteiger partial charge is 0.0375 e. The quantitative estimate of drug-likeness (QED) is 0.800. The highest BCUT2D eigenvalue weighted by Gasteiger charge is 2.26. The zero-order chi connectivity index (χ0) is 15.4. The van der Waals surface area contributed by atoms with Crippen LogP contribution >= 0.6 is 0 Å². The van der Waals surface area contributed by atoms with Crippen LogP contribution in [-0.4, -0.2) is 20.1 Å². The lowest BCUT2D eigenvalue weighted by Crippen LogP contribution is -2.27. The third kappa shape index (κ3) is 4.00. The molecule has 0 amide bonds. The molecule has 2 rings (SSSR count). The molecule has 1 aromatic rings. The molecule has 0 saturated heterocycles. The van der Waals surface area contributed by atoms with Gasteiger partial charge in [-0.1, -0.05) is 39.8 Å². The second-order valence-electron chi connectivity index (χ2n) is 7.17. The van der Waals surface area contributed by atoms with Gasteiger partial charge in [-0.2, -0.15) is 0 Å². The van der Waals surface area contributed by atoms with Gasteiger partial charge in [0.2, 0.25) is 0 Å². The van der Waals surface area contributed by atoms with Crippen LogP contribution in [0.2, 0.25) is 0 Å². The molecule has 0 fully saturated rings. The summed E-state index contributed by atoms with van der Waals surface area (Å²) in [5.74, 6) is 2.81. The third-order valence-corrected chi connectivity index (χ3v) is 5.08. The first-order valence-corrected chi connectivity index (χ1v) is 8.55. The van der Waals surface area contributed by atoms with Crippen LogP contribution in [0.25, 0.3) is 0 Å². The number of fused-ring (bicyclic) bond motifs is 1. The fourth-order valence-electron chi connectivity index (χ4n) is 3.45. The van der Waals surface area contributed by atoms with E-state index in [1.807, 2.05) is 7.05 Å². The van der Waals surface area contributed by atoms with Crippen LogP contribution in [0.5, 0.6) is 0 Å². The first-order valence-electron chi connectivity index (χ1n) is 8.55. The number of rotatable bonds is 6. The van der Waals surface area contributed by atoms with Crippen molar-refractivity contribution in [3.63, 3.8) is 0 Å². The average molecular weight is 288 g/mol. The van der Waals surface area contributed by atoms with Gasteiger partial charge in [0.25, 0.3) is 0 Å². The molecule has 0 aliphatic carbocycles. The van der Waals surface area contributed by atoms with Crippen molar-refractivity contribution in [1.29, 1.82) is 0 Å². The molecular formula is C19H32N2. The maximum Gasteiger partial charge on any atom is 0.0375 e. The van der Waals surface area contributed by atoms with Crippen LogP contribution < -0.4 is 10.6 Å². The van der Waals surface area contributed by atoms with Gasteiger partial charge in [0, 0.05) is 12.2 Å². The van der Waals surface area contributed by atoms with E-state index in [2.05, 4.69) is 56.5 Å². The van der Waals surface area contributed by atoms with E-state index in [4.69, 9.17) is 0 Å². The molecule has 3 unspecified atom stereocenters. The molecule has 3 atom stereocenters. The first kappa shape index (κ1) is 16.4. The molecule has 2 heteroatoms. The second-order valence-corrected chi connectivity index (χ2v) is 7.17. The summed E-state index contributed by atoms with van der Waals surface area (Å²) in [6.07, 6.45) is 2.64. The molecule has 118 valence electrons. The Labute approximate surface area is 130 Å². The minimum atomic E-state index is 0.610. The summed E-state index contributed by atoms with van der Waals surface area (Å²) >= 11 is 0. The lowest BCUT2D eigenvalue weighted by Gasteiger charge is -2.33. The third-order valence-electron chi connectivity index (χ3n) is 5.08. The summed E-state index contributed by atoms with van der Waals surface area (Å²) in [6, 6.07) is 6.99. The van der Waals surface area contributed by atoms with Gasteiger partial charge in [0.15, 0.2) is 0 Å². The van der Waals surface area contributed by atoms with Crippen molar-refractivity contribution < 1.29 is 0 Å². The van der Waals surface area contributed by atoms with Crippen molar-refractivity contribution in [2.24, 2.45) is 11.8 Å². The lowest BCUT2D eigenvalue weighted by atomic mass is 9.79. The van der Waals surface area contributed by atoms with Crippen LogP contribution in [0.15, 0.2) is 18.2 Å². The summed E-state index contributed by atoms with van der Waals surface area (Å²) < 4.78 is 0. The predicted molar refractivity (Wildman–Crippen MR) is 93.3 cm³/mol. The van der Waals surface area contributed by atoms with Crippen molar-refractivity contribution in [2.75, 3.05) is 25.5 Å². The van der Waals surface area contributed by atoms with Gasteiger partial charge in [-0.05, 0) is 67.3 Å². The van der Waals surface area contributed by atoms with Gasteiger partial charge in [-0.15, -0.1) is 0 Å². The molecule has 2 nitrogen and oxygen atoms in total. The van der Waals surface area contributed by atoms with E-state index in [9.17, 15) is 0 Å². The number of nitrogens with one attached hydrogen (secondary N) is 2. The molecule has 0 radical (unpaired) electrons. The van der Waals surface area contributed by atoms with E-state index in [0.29, 0.717) is 11.8 Å². The highest BCUT2D eigenvalue weighted by Crippen LogP contribution is 2.38. The largest absolute Gasteiger partial charge is 0.385 e. The highest BCUT2D eigenvalue weighted by atomic mass is 14.9. The molecule has 1 heterocycles. The van der Waals surface area contributed by atoms with Crippen molar-refractivity contribution in [1.82, 2.24) is 5.32 Å². The minimum Gasteiger partial charge on any atom is -0.385 e. The van der Waals surface area contributed by atoms with Gasteiger partial charge in [0.1, 0.15) is 0 Å². The van der Waals surface area contributed by atoms with Crippen molar-refractivity contribution in [3.05, 3.63) is 29.3 Å². The van der Waals surface area contributed by atoms with E-state index in [-0.39, 0.29) is 0 Å². The SMILES string of the molecule is CNCC(C)CCC1CNc2ccc(C(C)C)cc2C1C. The van der Waals surface area contributed by atoms with E-state index < -0.39 is 0 Å². The number of hydrogen-bond acceptors (Lipinski definition) is 2. The number of anilines is 1. The topological polar surface area (TPSA) is 24.1 Å². The molecule has 1 aliphatic rings. The number of benzene rings is 1. The summed E-state index contributed by atoms with van der Waals surface area (Å²) in [5, 5.41) is 6.94. The molecule has 21 heavy (non-hydrogen) atoms. The van der Waals surface area contributed by atoms with E-state index in [1.54, 1.807) is 0 Å². The molecular weight excluding hydrogens is 256 g/mol. The van der Waals surface area contributed by atoms with Crippen LogP contribution in [0.1, 0.15) is 63.5 Å². The highest BCUT2D eigenvalue weighted by molar-refractivity contribution is 5.56. The van der Waals surface area contributed by atoms with Gasteiger partial charge in [-0.3, -0.25) is 0 Å². The Morgan fingerprint density at radius 3 is 2.71 bits per heavy atom.